The van der Waals surface area contributed by atoms with Gasteiger partial charge in [-0.3, -0.25) is 9.59 Å². The molecular weight excluding hydrogens is 256 g/mol. The average molecular weight is 282 g/mol. The van der Waals surface area contributed by atoms with Crippen molar-refractivity contribution in [1.82, 2.24) is 10.2 Å². The molecule has 2 amide bonds. The Hall–Kier alpha value is -1.10. The summed E-state index contributed by atoms with van der Waals surface area (Å²) < 4.78 is 5.39. The molecule has 1 aliphatic heterocycles. The second-order valence-corrected chi connectivity index (χ2v) is 6.97. The van der Waals surface area contributed by atoms with Crippen LogP contribution in [0.15, 0.2) is 0 Å². The molecule has 1 aliphatic carbocycles. The Morgan fingerprint density at radius 3 is 2.50 bits per heavy atom. The normalized spacial score (nSPS) is 32.2. The van der Waals surface area contributed by atoms with E-state index in [-0.39, 0.29) is 29.4 Å². The topological polar surface area (TPSA) is 58.6 Å². The highest BCUT2D eigenvalue weighted by Crippen LogP contribution is 2.30. The first-order chi connectivity index (χ1) is 9.32. The number of rotatable bonds is 2. The van der Waals surface area contributed by atoms with Gasteiger partial charge >= 0.3 is 0 Å². The van der Waals surface area contributed by atoms with Gasteiger partial charge in [-0.05, 0) is 24.7 Å². The fraction of sp³-hybridized carbons (Fsp3) is 0.867. The van der Waals surface area contributed by atoms with Gasteiger partial charge in [-0.2, -0.15) is 0 Å². The maximum Gasteiger partial charge on any atom is 0.245 e. The van der Waals surface area contributed by atoms with E-state index < -0.39 is 6.04 Å². The molecule has 20 heavy (non-hydrogen) atoms. The number of carbonyl (C=O) groups is 2. The number of nitrogens with one attached hydrogen (secondary N) is 1. The van der Waals surface area contributed by atoms with Crippen molar-refractivity contribution in [3.8, 4) is 0 Å². The zero-order valence-electron chi connectivity index (χ0n) is 12.9. The Morgan fingerprint density at radius 2 is 1.95 bits per heavy atom. The van der Waals surface area contributed by atoms with Crippen molar-refractivity contribution in [2.45, 2.75) is 64.6 Å². The van der Waals surface area contributed by atoms with E-state index in [0.717, 1.165) is 19.3 Å². The lowest BCUT2D eigenvalue weighted by Gasteiger charge is -2.35. The fourth-order valence-electron chi connectivity index (χ4n) is 3.16. The largest absolute Gasteiger partial charge is 0.381 e. The Bertz CT molecular complexity index is 389. The van der Waals surface area contributed by atoms with E-state index in [0.29, 0.717) is 13.0 Å². The smallest absolute Gasteiger partial charge is 0.245 e. The summed E-state index contributed by atoms with van der Waals surface area (Å²) in [5.41, 5.74) is -0.269. The molecule has 0 aromatic heterocycles. The molecule has 2 rings (SSSR count). The highest BCUT2D eigenvalue weighted by molar-refractivity contribution is 5.90. The minimum atomic E-state index is -0.431. The number of nitrogens with zero attached hydrogens (tertiary/aromatic N) is 1. The van der Waals surface area contributed by atoms with Gasteiger partial charge in [-0.15, -0.1) is 0 Å². The number of methoxy groups -OCH3 is 1. The number of carbonyl (C=O) groups excluding carboxylic acids is 2. The predicted octanol–water partition coefficient (Wildman–Crippen LogP) is 1.32. The summed E-state index contributed by atoms with van der Waals surface area (Å²) in [5, 5.41) is 2.89. The molecule has 2 aliphatic rings. The van der Waals surface area contributed by atoms with Crippen LogP contribution in [0.5, 0.6) is 0 Å². The molecule has 114 valence electrons. The van der Waals surface area contributed by atoms with Crippen molar-refractivity contribution in [3.63, 3.8) is 0 Å². The van der Waals surface area contributed by atoms with Crippen molar-refractivity contribution < 1.29 is 14.3 Å². The molecule has 0 aromatic rings. The number of hydrogen-bond acceptors (Lipinski definition) is 3. The molecule has 0 spiro atoms. The molecule has 3 atom stereocenters. The van der Waals surface area contributed by atoms with Crippen LogP contribution in [0.1, 0.15) is 46.5 Å². The Labute approximate surface area is 121 Å². The highest BCUT2D eigenvalue weighted by Gasteiger charge is 2.41. The summed E-state index contributed by atoms with van der Waals surface area (Å²) >= 11 is 0. The van der Waals surface area contributed by atoms with Crippen LogP contribution in [0.25, 0.3) is 0 Å². The van der Waals surface area contributed by atoms with Crippen molar-refractivity contribution in [2.75, 3.05) is 13.7 Å². The van der Waals surface area contributed by atoms with Crippen molar-refractivity contribution in [3.05, 3.63) is 0 Å². The van der Waals surface area contributed by atoms with Gasteiger partial charge in [0.05, 0.1) is 6.10 Å². The van der Waals surface area contributed by atoms with Gasteiger partial charge in [0.1, 0.15) is 6.04 Å². The lowest BCUT2D eigenvalue weighted by molar-refractivity contribution is -0.138. The zero-order valence-corrected chi connectivity index (χ0v) is 12.9. The summed E-state index contributed by atoms with van der Waals surface area (Å²) in [5.74, 6) is 0.0344. The van der Waals surface area contributed by atoms with E-state index in [1.807, 2.05) is 25.7 Å². The third kappa shape index (κ3) is 3.14. The number of amides is 2. The third-order valence-electron chi connectivity index (χ3n) is 4.41. The van der Waals surface area contributed by atoms with E-state index in [1.165, 1.54) is 0 Å². The minimum absolute atomic E-state index is 0.0259. The van der Waals surface area contributed by atoms with Crippen LogP contribution in [-0.4, -0.2) is 48.6 Å². The maximum absolute atomic E-state index is 12.8. The molecule has 2 fully saturated rings. The number of ether oxygens (including phenoxy) is 1. The summed E-state index contributed by atoms with van der Waals surface area (Å²) in [6, 6.07) is -0.218. The highest BCUT2D eigenvalue weighted by atomic mass is 16.5. The number of hydrogen-bond donors (Lipinski definition) is 1. The summed E-state index contributed by atoms with van der Waals surface area (Å²) in [4.78, 5) is 26.6. The summed E-state index contributed by atoms with van der Waals surface area (Å²) in [6.07, 6.45) is 3.48. The van der Waals surface area contributed by atoms with E-state index in [1.54, 1.807) is 7.11 Å². The van der Waals surface area contributed by atoms with E-state index in [9.17, 15) is 9.59 Å². The van der Waals surface area contributed by atoms with Crippen molar-refractivity contribution in [2.24, 2.45) is 5.41 Å². The van der Waals surface area contributed by atoms with E-state index in [4.69, 9.17) is 4.74 Å². The first kappa shape index (κ1) is 15.3. The lowest BCUT2D eigenvalue weighted by Crippen LogP contribution is -2.53. The molecule has 1 heterocycles. The first-order valence-corrected chi connectivity index (χ1v) is 7.45. The molecule has 1 saturated carbocycles. The SMILES string of the molecule is COC1CCC(N2CCC(=O)NC(C(C)(C)C)C2=O)C1. The predicted molar refractivity (Wildman–Crippen MR) is 76.2 cm³/mol. The van der Waals surface area contributed by atoms with Gasteiger partial charge in [0.15, 0.2) is 0 Å². The van der Waals surface area contributed by atoms with Gasteiger partial charge in [0, 0.05) is 26.1 Å². The maximum atomic E-state index is 12.8. The minimum Gasteiger partial charge on any atom is -0.381 e. The van der Waals surface area contributed by atoms with Crippen molar-refractivity contribution >= 4 is 11.8 Å². The second kappa shape index (κ2) is 5.72. The average Bonchev–Trinajstić information content (AvgIpc) is 2.77. The first-order valence-electron chi connectivity index (χ1n) is 7.45. The third-order valence-corrected chi connectivity index (χ3v) is 4.41. The molecule has 1 saturated heterocycles. The molecule has 3 unspecified atom stereocenters. The summed E-state index contributed by atoms with van der Waals surface area (Å²) in [7, 11) is 1.72. The monoisotopic (exact) mass is 282 g/mol. The van der Waals surface area contributed by atoms with Gasteiger partial charge < -0.3 is 15.0 Å². The fourth-order valence-corrected chi connectivity index (χ4v) is 3.16. The van der Waals surface area contributed by atoms with Crippen LogP contribution in [0, 0.1) is 5.41 Å². The standard InChI is InChI=1S/C15H26N2O3/c1-15(2,3)13-14(19)17(8-7-12(18)16-13)10-5-6-11(9-10)20-4/h10-11,13H,5-9H2,1-4H3,(H,16,18). The van der Waals surface area contributed by atoms with Crippen LogP contribution in [0.2, 0.25) is 0 Å². The zero-order chi connectivity index (χ0) is 14.9. The Kier molecular flexibility index (Phi) is 4.37. The Balaban J connectivity index is 2.16. The molecule has 5 nitrogen and oxygen atoms in total. The molecular formula is C15H26N2O3. The molecule has 5 heteroatoms. The van der Waals surface area contributed by atoms with Crippen LogP contribution in [0.3, 0.4) is 0 Å². The van der Waals surface area contributed by atoms with Crippen molar-refractivity contribution in [1.29, 1.82) is 0 Å². The summed E-state index contributed by atoms with van der Waals surface area (Å²) in [6.45, 7) is 6.50. The van der Waals surface area contributed by atoms with Crippen LogP contribution in [0.4, 0.5) is 0 Å². The van der Waals surface area contributed by atoms with Crippen LogP contribution in [-0.2, 0) is 14.3 Å². The van der Waals surface area contributed by atoms with E-state index >= 15 is 0 Å². The van der Waals surface area contributed by atoms with Gasteiger partial charge in [0.2, 0.25) is 11.8 Å². The van der Waals surface area contributed by atoms with Crippen LogP contribution < -0.4 is 5.32 Å². The molecule has 1 N–H and O–H groups in total. The van der Waals surface area contributed by atoms with Gasteiger partial charge in [0.25, 0.3) is 0 Å². The van der Waals surface area contributed by atoms with Gasteiger partial charge in [-0.25, -0.2) is 0 Å². The van der Waals surface area contributed by atoms with E-state index in [2.05, 4.69) is 5.32 Å². The van der Waals surface area contributed by atoms with Crippen LogP contribution >= 0.6 is 0 Å². The molecule has 0 aromatic carbocycles. The van der Waals surface area contributed by atoms with Gasteiger partial charge in [-0.1, -0.05) is 20.8 Å². The molecule has 0 bridgehead atoms. The quantitative estimate of drug-likeness (QED) is 0.831. The Morgan fingerprint density at radius 1 is 1.25 bits per heavy atom. The lowest BCUT2D eigenvalue weighted by atomic mass is 9.85. The second-order valence-electron chi connectivity index (χ2n) is 6.97. The molecule has 0 radical (unpaired) electrons.